The number of fused-ring (bicyclic) bond motifs is 1. The minimum absolute atomic E-state index is 0.534. The van der Waals surface area contributed by atoms with E-state index in [1.54, 1.807) is 29.5 Å². The van der Waals surface area contributed by atoms with Crippen molar-refractivity contribution >= 4 is 11.0 Å². The van der Waals surface area contributed by atoms with Gasteiger partial charge >= 0.3 is 0 Å². The van der Waals surface area contributed by atoms with Crippen molar-refractivity contribution in [3.05, 3.63) is 30.9 Å². The molecule has 0 spiro atoms. The molecule has 1 N–H and O–H groups in total. The van der Waals surface area contributed by atoms with Crippen LogP contribution in [0.5, 0.6) is 0 Å². The second-order valence-electron chi connectivity index (χ2n) is 2.79. The highest BCUT2D eigenvalue weighted by Gasteiger charge is 2.02. The predicted octanol–water partition coefficient (Wildman–Crippen LogP) is 0.539. The van der Waals surface area contributed by atoms with Crippen LogP contribution in [0.2, 0.25) is 0 Å². The van der Waals surface area contributed by atoms with E-state index in [-0.39, 0.29) is 0 Å². The number of aromatic amines is 1. The number of hydrogen-bond donors (Lipinski definition) is 1. The summed E-state index contributed by atoms with van der Waals surface area (Å²) in [6.07, 6.45) is 6.86. The van der Waals surface area contributed by atoms with Crippen LogP contribution >= 0.6 is 0 Å². The van der Waals surface area contributed by atoms with Gasteiger partial charge in [-0.3, -0.25) is 5.10 Å². The molecule has 0 fully saturated rings. The third-order valence-corrected chi connectivity index (χ3v) is 1.89. The van der Waals surface area contributed by atoms with Gasteiger partial charge in [0.1, 0.15) is 0 Å². The summed E-state index contributed by atoms with van der Waals surface area (Å²) in [6.45, 7) is 0. The number of nitrogens with one attached hydrogen (secondary N) is 1. The van der Waals surface area contributed by atoms with Crippen molar-refractivity contribution in [2.24, 2.45) is 0 Å². The number of nitrogens with zero attached hydrogens (tertiary/aromatic N) is 5. The second kappa shape index (κ2) is 2.63. The van der Waals surface area contributed by atoms with Gasteiger partial charge in [-0.05, 0) is 6.07 Å². The van der Waals surface area contributed by atoms with Gasteiger partial charge in [0.2, 0.25) is 0 Å². The van der Waals surface area contributed by atoms with E-state index in [0.717, 1.165) is 5.39 Å². The van der Waals surface area contributed by atoms with Crippen LogP contribution in [0.25, 0.3) is 17.0 Å². The van der Waals surface area contributed by atoms with Crippen molar-refractivity contribution in [2.75, 3.05) is 0 Å². The fraction of sp³-hybridized carbons (Fsp3) is 0. The molecule has 3 aromatic rings. The molecule has 0 aliphatic heterocycles. The third kappa shape index (κ3) is 0.972. The van der Waals surface area contributed by atoms with Crippen LogP contribution in [0, 0.1) is 0 Å². The van der Waals surface area contributed by atoms with Gasteiger partial charge in [0.15, 0.2) is 5.65 Å². The Morgan fingerprint density at radius 1 is 1.29 bits per heavy atom. The van der Waals surface area contributed by atoms with E-state index in [1.165, 1.54) is 0 Å². The summed E-state index contributed by atoms with van der Waals surface area (Å²) >= 11 is 0. The Bertz CT molecular complexity index is 552. The van der Waals surface area contributed by atoms with Crippen LogP contribution in [0.4, 0.5) is 0 Å². The van der Waals surface area contributed by atoms with E-state index in [0.29, 0.717) is 11.6 Å². The first kappa shape index (κ1) is 7.19. The van der Waals surface area contributed by atoms with E-state index in [1.807, 2.05) is 6.07 Å². The van der Waals surface area contributed by atoms with Crippen LogP contribution in [0.3, 0.4) is 0 Å². The Labute approximate surface area is 78.6 Å². The lowest BCUT2D eigenvalue weighted by atomic mass is 10.4. The summed E-state index contributed by atoms with van der Waals surface area (Å²) in [5.41, 5.74) is 0.713. The average Bonchev–Trinajstić information content (AvgIpc) is 2.88. The lowest BCUT2D eigenvalue weighted by Crippen LogP contribution is -2.00. The van der Waals surface area contributed by atoms with Crippen molar-refractivity contribution < 1.29 is 0 Å². The van der Waals surface area contributed by atoms with Crippen LogP contribution in [0.15, 0.2) is 30.9 Å². The highest BCUT2D eigenvalue weighted by atomic mass is 15.3. The molecule has 0 aromatic carbocycles. The van der Waals surface area contributed by atoms with Crippen LogP contribution in [-0.4, -0.2) is 29.9 Å². The van der Waals surface area contributed by atoms with Crippen LogP contribution < -0.4 is 0 Å². The van der Waals surface area contributed by atoms with Gasteiger partial charge in [0.25, 0.3) is 5.95 Å². The average molecular weight is 186 g/mol. The van der Waals surface area contributed by atoms with Gasteiger partial charge in [-0.1, -0.05) is 0 Å². The molecule has 14 heavy (non-hydrogen) atoms. The molecule has 0 amide bonds. The Hall–Kier alpha value is -2.24. The molecule has 0 bridgehead atoms. The molecule has 3 aromatic heterocycles. The monoisotopic (exact) mass is 186 g/mol. The predicted molar refractivity (Wildman–Crippen MR) is 48.8 cm³/mol. The molecular formula is C8H6N6. The van der Waals surface area contributed by atoms with Crippen molar-refractivity contribution in [1.29, 1.82) is 0 Å². The molecule has 0 unspecified atom stereocenters. The fourth-order valence-corrected chi connectivity index (χ4v) is 1.23. The summed E-state index contributed by atoms with van der Waals surface area (Å²) in [5.74, 6) is 0.534. The lowest BCUT2D eigenvalue weighted by Gasteiger charge is -1.97. The first-order valence-electron chi connectivity index (χ1n) is 4.09. The number of hydrogen-bond acceptors (Lipinski definition) is 4. The van der Waals surface area contributed by atoms with Gasteiger partial charge in [-0.25, -0.2) is 9.67 Å². The standard InChI is InChI=1S/C8H6N6/c1-2-11-14(3-1)8-9-4-6-5-10-13-7(6)12-8/h1-5H,(H,9,10,12,13). The molecule has 68 valence electrons. The Balaban J connectivity index is 2.23. The Morgan fingerprint density at radius 2 is 2.29 bits per heavy atom. The minimum atomic E-state index is 0.534. The normalized spacial score (nSPS) is 10.9. The summed E-state index contributed by atoms with van der Waals surface area (Å²) in [4.78, 5) is 8.40. The van der Waals surface area contributed by atoms with Crippen molar-refractivity contribution in [1.82, 2.24) is 29.9 Å². The first-order chi connectivity index (χ1) is 6.93. The Morgan fingerprint density at radius 3 is 3.14 bits per heavy atom. The van der Waals surface area contributed by atoms with E-state index in [4.69, 9.17) is 0 Å². The molecule has 0 radical (unpaired) electrons. The van der Waals surface area contributed by atoms with E-state index >= 15 is 0 Å². The smallest absolute Gasteiger partial charge is 0.252 e. The highest BCUT2D eigenvalue weighted by Crippen LogP contribution is 2.07. The lowest BCUT2D eigenvalue weighted by molar-refractivity contribution is 0.813. The minimum Gasteiger partial charge on any atom is -0.261 e. The molecule has 0 aliphatic carbocycles. The maximum Gasteiger partial charge on any atom is 0.252 e. The summed E-state index contributed by atoms with van der Waals surface area (Å²) in [5, 5.41) is 11.6. The van der Waals surface area contributed by atoms with Gasteiger partial charge < -0.3 is 0 Å². The zero-order valence-corrected chi connectivity index (χ0v) is 7.12. The Kier molecular flexibility index (Phi) is 1.35. The fourth-order valence-electron chi connectivity index (χ4n) is 1.23. The van der Waals surface area contributed by atoms with Gasteiger partial charge in [0.05, 0.1) is 11.6 Å². The molecule has 3 rings (SSSR count). The van der Waals surface area contributed by atoms with E-state index < -0.39 is 0 Å². The number of H-pyrrole nitrogens is 1. The topological polar surface area (TPSA) is 72.3 Å². The molecule has 6 heteroatoms. The van der Waals surface area contributed by atoms with Crippen LogP contribution in [-0.2, 0) is 0 Å². The highest BCUT2D eigenvalue weighted by molar-refractivity contribution is 5.72. The third-order valence-electron chi connectivity index (χ3n) is 1.89. The van der Waals surface area contributed by atoms with Crippen molar-refractivity contribution in [3.8, 4) is 5.95 Å². The number of rotatable bonds is 1. The largest absolute Gasteiger partial charge is 0.261 e. The van der Waals surface area contributed by atoms with Gasteiger partial charge in [-0.15, -0.1) is 0 Å². The molecule has 0 saturated carbocycles. The molecule has 0 aliphatic rings. The number of aromatic nitrogens is 6. The van der Waals surface area contributed by atoms with Crippen molar-refractivity contribution in [2.45, 2.75) is 0 Å². The first-order valence-corrected chi connectivity index (χ1v) is 4.09. The summed E-state index contributed by atoms with van der Waals surface area (Å²) in [6, 6.07) is 1.82. The van der Waals surface area contributed by atoms with Gasteiger partial charge in [-0.2, -0.15) is 15.2 Å². The maximum atomic E-state index is 4.25. The molecule has 0 atom stereocenters. The quantitative estimate of drug-likeness (QED) is 0.602. The zero-order chi connectivity index (χ0) is 9.38. The SMILES string of the molecule is c1cnn(-c2ncc3cn[nH]c3n2)c1. The van der Waals surface area contributed by atoms with Crippen LogP contribution in [0.1, 0.15) is 0 Å². The molecular weight excluding hydrogens is 180 g/mol. The second-order valence-corrected chi connectivity index (χ2v) is 2.79. The van der Waals surface area contributed by atoms with E-state index in [9.17, 15) is 0 Å². The molecule has 6 nitrogen and oxygen atoms in total. The summed E-state index contributed by atoms with van der Waals surface area (Å²) in [7, 11) is 0. The zero-order valence-electron chi connectivity index (χ0n) is 7.12. The summed E-state index contributed by atoms with van der Waals surface area (Å²) < 4.78 is 1.60. The van der Waals surface area contributed by atoms with Gasteiger partial charge in [0, 0.05) is 18.6 Å². The molecule has 3 heterocycles. The maximum absolute atomic E-state index is 4.25. The van der Waals surface area contributed by atoms with Crippen molar-refractivity contribution in [3.63, 3.8) is 0 Å². The van der Waals surface area contributed by atoms with E-state index in [2.05, 4.69) is 25.3 Å². The molecule has 0 saturated heterocycles.